The summed E-state index contributed by atoms with van der Waals surface area (Å²) in [6.45, 7) is 4.31. The summed E-state index contributed by atoms with van der Waals surface area (Å²) >= 11 is 2.33. The van der Waals surface area contributed by atoms with Gasteiger partial charge < -0.3 is 0 Å². The van der Waals surface area contributed by atoms with Gasteiger partial charge in [-0.1, -0.05) is 27.1 Å². The fourth-order valence-corrected chi connectivity index (χ4v) is 2.34. The van der Waals surface area contributed by atoms with Gasteiger partial charge in [-0.05, 0) is 51.7 Å². The molecule has 0 bridgehead atoms. The minimum atomic E-state index is 1.11. The highest BCUT2D eigenvalue weighted by atomic mass is 127. The molecule has 0 spiro atoms. The van der Waals surface area contributed by atoms with Crippen LogP contribution in [0.25, 0.3) is 0 Å². The van der Waals surface area contributed by atoms with Gasteiger partial charge in [-0.2, -0.15) is 0 Å². The van der Waals surface area contributed by atoms with E-state index in [0.717, 1.165) is 5.75 Å². The monoisotopic (exact) mass is 278 g/mol. The lowest BCUT2D eigenvalue weighted by Crippen LogP contribution is -1.83. The lowest BCUT2D eigenvalue weighted by molar-refractivity contribution is 1.29. The van der Waals surface area contributed by atoms with Gasteiger partial charge in [0.05, 0.1) is 0 Å². The molecule has 1 rings (SSSR count). The highest BCUT2D eigenvalue weighted by molar-refractivity contribution is 14.2. The number of benzene rings is 1. The zero-order chi connectivity index (χ0) is 8.27. The largest absolute Gasteiger partial charge is 0.0846 e. The van der Waals surface area contributed by atoms with E-state index in [9.17, 15) is 0 Å². The van der Waals surface area contributed by atoms with E-state index in [-0.39, 0.29) is 0 Å². The average Bonchev–Trinajstić information content (AvgIpc) is 1.98. The summed E-state index contributed by atoms with van der Waals surface area (Å²) in [5.41, 5.74) is 4.20. The van der Waals surface area contributed by atoms with Gasteiger partial charge in [-0.15, -0.1) is 0 Å². The molecule has 0 fully saturated rings. The van der Waals surface area contributed by atoms with E-state index in [1.165, 1.54) is 16.7 Å². The summed E-state index contributed by atoms with van der Waals surface area (Å²) in [5, 5.41) is 0. The Balaban J connectivity index is 2.86. The topological polar surface area (TPSA) is 0 Å². The third-order valence-electron chi connectivity index (χ3n) is 1.79. The predicted octanol–water partition coefficient (Wildman–Crippen LogP) is 3.89. The Kier molecular flexibility index (Phi) is 3.72. The van der Waals surface area contributed by atoms with Crippen LogP contribution in [0.15, 0.2) is 18.2 Å². The molecule has 2 heteroatoms. The summed E-state index contributed by atoms with van der Waals surface area (Å²) < 4.78 is 0. The summed E-state index contributed by atoms with van der Waals surface area (Å²) in [7, 11) is 1.84. The molecule has 0 unspecified atom stereocenters. The summed E-state index contributed by atoms with van der Waals surface area (Å²) in [6, 6.07) is 6.66. The van der Waals surface area contributed by atoms with Crippen molar-refractivity contribution in [2.45, 2.75) is 19.6 Å². The van der Waals surface area contributed by atoms with Crippen molar-refractivity contribution >= 4 is 30.1 Å². The second-order valence-corrected chi connectivity index (χ2v) is 5.05. The van der Waals surface area contributed by atoms with Gasteiger partial charge in [0, 0.05) is 5.75 Å². The zero-order valence-electron chi connectivity index (χ0n) is 6.73. The average molecular weight is 278 g/mol. The van der Waals surface area contributed by atoms with Gasteiger partial charge in [-0.25, -0.2) is 0 Å². The van der Waals surface area contributed by atoms with E-state index in [0.29, 0.717) is 0 Å². The molecule has 0 aliphatic carbocycles. The lowest BCUT2D eigenvalue weighted by Gasteiger charge is -2.02. The molecule has 1 aromatic rings. The van der Waals surface area contributed by atoms with Crippen LogP contribution in [0, 0.1) is 13.8 Å². The maximum atomic E-state index is 2.33. The number of hydrogen-bond donors (Lipinski definition) is 0. The van der Waals surface area contributed by atoms with E-state index < -0.39 is 0 Å². The molecule has 0 heterocycles. The van der Waals surface area contributed by atoms with Gasteiger partial charge in [0.2, 0.25) is 0 Å². The smallest absolute Gasteiger partial charge is 0.0285 e. The van der Waals surface area contributed by atoms with Crippen molar-refractivity contribution in [3.05, 3.63) is 34.9 Å². The zero-order valence-corrected chi connectivity index (χ0v) is 9.70. The van der Waals surface area contributed by atoms with Crippen molar-refractivity contribution in [1.29, 1.82) is 0 Å². The predicted molar refractivity (Wildman–Crippen MR) is 61.2 cm³/mol. The van der Waals surface area contributed by atoms with E-state index in [2.05, 4.69) is 53.3 Å². The first kappa shape index (κ1) is 9.39. The number of halogens is 1. The van der Waals surface area contributed by atoms with Crippen molar-refractivity contribution < 1.29 is 0 Å². The molecule has 0 aliphatic heterocycles. The molecule has 0 radical (unpaired) electrons. The first-order valence-electron chi connectivity index (χ1n) is 3.53. The first-order valence-corrected chi connectivity index (χ1v) is 7.06. The van der Waals surface area contributed by atoms with Crippen LogP contribution in [-0.2, 0) is 5.75 Å². The van der Waals surface area contributed by atoms with Crippen molar-refractivity contribution in [1.82, 2.24) is 0 Å². The van der Waals surface area contributed by atoms with E-state index in [1.807, 2.05) is 8.93 Å². The maximum absolute atomic E-state index is 2.33. The number of rotatable bonds is 2. The van der Waals surface area contributed by atoms with Crippen molar-refractivity contribution in [2.24, 2.45) is 0 Å². The lowest BCUT2D eigenvalue weighted by atomic mass is 10.1. The molecule has 0 amide bonds. The molecule has 0 atom stereocenters. The Morgan fingerprint density at radius 2 is 2.00 bits per heavy atom. The van der Waals surface area contributed by atoms with Crippen LogP contribution in [0.4, 0.5) is 0 Å². The second-order valence-electron chi connectivity index (χ2n) is 2.67. The Morgan fingerprint density at radius 3 is 2.55 bits per heavy atom. The van der Waals surface area contributed by atoms with Crippen LogP contribution >= 0.6 is 30.1 Å². The van der Waals surface area contributed by atoms with Crippen LogP contribution in [-0.4, -0.2) is 0 Å². The normalized spacial score (nSPS) is 10.1. The van der Waals surface area contributed by atoms with Crippen LogP contribution in [0.3, 0.4) is 0 Å². The highest BCUT2D eigenvalue weighted by Crippen LogP contribution is 2.20. The maximum Gasteiger partial charge on any atom is 0.0285 e. The quantitative estimate of drug-likeness (QED) is 0.740. The fraction of sp³-hybridized carbons (Fsp3) is 0.333. The number of aryl methyl sites for hydroxylation is 2. The van der Waals surface area contributed by atoms with Gasteiger partial charge in [0.25, 0.3) is 0 Å². The Hall–Kier alpha value is 0.300. The van der Waals surface area contributed by atoms with Crippen molar-refractivity contribution in [3.63, 3.8) is 0 Å². The van der Waals surface area contributed by atoms with Crippen molar-refractivity contribution in [3.8, 4) is 0 Å². The highest BCUT2D eigenvalue weighted by Gasteiger charge is 1.94. The van der Waals surface area contributed by atoms with E-state index in [1.54, 1.807) is 0 Å². The summed E-state index contributed by atoms with van der Waals surface area (Å²) in [4.78, 5) is 0. The van der Waals surface area contributed by atoms with E-state index >= 15 is 0 Å². The van der Waals surface area contributed by atoms with E-state index in [4.69, 9.17) is 0 Å². The van der Waals surface area contributed by atoms with Crippen LogP contribution in [0.1, 0.15) is 16.7 Å². The van der Waals surface area contributed by atoms with Gasteiger partial charge >= 0.3 is 0 Å². The minimum Gasteiger partial charge on any atom is -0.0846 e. The van der Waals surface area contributed by atoms with Gasteiger partial charge in [0.15, 0.2) is 0 Å². The van der Waals surface area contributed by atoms with Crippen LogP contribution in [0.5, 0.6) is 0 Å². The third-order valence-corrected chi connectivity index (χ3v) is 3.17. The number of hydrogen-bond acceptors (Lipinski definition) is 1. The fourth-order valence-electron chi connectivity index (χ4n) is 0.956. The molecule has 60 valence electrons. The Bertz CT molecular complexity index is 245. The molecule has 0 aromatic heterocycles. The molecule has 0 nitrogen and oxygen atoms in total. The standard InChI is InChI=1S/C9H11IS/c1-7-3-4-9(6-11-10)5-8(7)2/h3-5H,6H2,1-2H3. The van der Waals surface area contributed by atoms with Crippen molar-refractivity contribution in [2.75, 3.05) is 0 Å². The molecule has 11 heavy (non-hydrogen) atoms. The SMILES string of the molecule is Cc1ccc(CSI)cc1C. The Morgan fingerprint density at radius 1 is 1.27 bits per heavy atom. The van der Waals surface area contributed by atoms with Gasteiger partial charge in [-0.3, -0.25) is 0 Å². The molecule has 0 N–H and O–H groups in total. The first-order chi connectivity index (χ1) is 5.24. The molecule has 0 aliphatic rings. The summed E-state index contributed by atoms with van der Waals surface area (Å²) in [6.07, 6.45) is 0. The second kappa shape index (κ2) is 4.36. The molecular weight excluding hydrogens is 267 g/mol. The third kappa shape index (κ3) is 2.67. The van der Waals surface area contributed by atoms with Crippen LogP contribution < -0.4 is 0 Å². The van der Waals surface area contributed by atoms with Crippen LogP contribution in [0.2, 0.25) is 0 Å². The van der Waals surface area contributed by atoms with Gasteiger partial charge in [0.1, 0.15) is 0 Å². The minimum absolute atomic E-state index is 1.11. The molecule has 0 saturated heterocycles. The Labute approximate surface area is 84.4 Å². The molecular formula is C9H11IS. The molecule has 1 aromatic carbocycles. The molecule has 0 saturated carbocycles. The summed E-state index contributed by atoms with van der Waals surface area (Å²) in [5.74, 6) is 1.11.